The van der Waals surface area contributed by atoms with Crippen LogP contribution in [-0.2, 0) is 21.4 Å². The number of aromatic nitrogens is 4. The van der Waals surface area contributed by atoms with Gasteiger partial charge in [0.05, 0.1) is 4.90 Å². The van der Waals surface area contributed by atoms with Crippen molar-refractivity contribution in [2.24, 2.45) is 5.41 Å². The van der Waals surface area contributed by atoms with E-state index in [2.05, 4.69) is 24.2 Å². The number of hydrogen-bond donors (Lipinski definition) is 2. The summed E-state index contributed by atoms with van der Waals surface area (Å²) in [5, 5.41) is 6.89. The minimum Gasteiger partial charge on any atom is -0.483 e. The number of hydrogen-bond acceptors (Lipinski definition) is 6. The van der Waals surface area contributed by atoms with Crippen LogP contribution in [0.4, 0.5) is 0 Å². The van der Waals surface area contributed by atoms with Gasteiger partial charge >= 0.3 is 0 Å². The van der Waals surface area contributed by atoms with Crippen molar-refractivity contribution >= 4 is 16.5 Å². The van der Waals surface area contributed by atoms with Crippen molar-refractivity contribution < 1.29 is 18.3 Å². The van der Waals surface area contributed by atoms with Crippen molar-refractivity contribution in [3.63, 3.8) is 0 Å². The largest absolute Gasteiger partial charge is 0.483 e. The summed E-state index contributed by atoms with van der Waals surface area (Å²) in [7, 11) is -3.58. The van der Waals surface area contributed by atoms with E-state index in [1.165, 1.54) is 0 Å². The van der Waals surface area contributed by atoms with E-state index in [0.717, 1.165) is 41.9 Å². The molecule has 3 aromatic rings. The second-order valence-corrected chi connectivity index (χ2v) is 9.79. The van der Waals surface area contributed by atoms with E-state index >= 15 is 0 Å². The molecule has 1 aromatic carbocycles. The lowest BCUT2D eigenvalue weighted by Crippen LogP contribution is -2.32. The first-order valence-electron chi connectivity index (χ1n) is 10.1. The quantitative estimate of drug-likeness (QED) is 0.522. The van der Waals surface area contributed by atoms with Crippen molar-refractivity contribution in [1.82, 2.24) is 24.2 Å². The van der Waals surface area contributed by atoms with Gasteiger partial charge in [-0.1, -0.05) is 6.07 Å². The Bertz CT molecular complexity index is 1190. The minimum absolute atomic E-state index is 0.0211. The van der Waals surface area contributed by atoms with E-state index in [9.17, 15) is 8.42 Å². The summed E-state index contributed by atoms with van der Waals surface area (Å²) in [5.74, 6) is 1.65. The molecule has 0 radical (unpaired) electrons. The van der Waals surface area contributed by atoms with Crippen molar-refractivity contribution in [2.75, 3.05) is 6.54 Å². The van der Waals surface area contributed by atoms with Crippen LogP contribution in [0.15, 0.2) is 47.9 Å². The van der Waals surface area contributed by atoms with Gasteiger partial charge in [0.2, 0.25) is 10.0 Å². The maximum absolute atomic E-state index is 12.9. The molecule has 0 unspecified atom stereocenters. The van der Waals surface area contributed by atoms with Crippen LogP contribution in [0.1, 0.15) is 30.1 Å². The Balaban J connectivity index is 0.000000913. The molecule has 1 aliphatic carbocycles. The van der Waals surface area contributed by atoms with Gasteiger partial charge in [-0.3, -0.25) is 4.79 Å². The number of aryl methyl sites for hydroxylation is 3. The first-order chi connectivity index (χ1) is 15.2. The van der Waals surface area contributed by atoms with Crippen molar-refractivity contribution in [3.05, 3.63) is 60.2 Å². The molecule has 1 saturated carbocycles. The smallest absolute Gasteiger partial charge is 0.290 e. The van der Waals surface area contributed by atoms with Crippen LogP contribution in [0.3, 0.4) is 0 Å². The molecular weight excluding hydrogens is 430 g/mol. The van der Waals surface area contributed by atoms with Gasteiger partial charge in [-0.25, -0.2) is 28.1 Å². The highest BCUT2D eigenvalue weighted by atomic mass is 32.2. The van der Waals surface area contributed by atoms with Crippen molar-refractivity contribution in [3.8, 4) is 11.1 Å². The lowest BCUT2D eigenvalue weighted by atomic mass is 10.0. The van der Waals surface area contributed by atoms with Crippen LogP contribution in [0, 0.1) is 26.2 Å². The fourth-order valence-electron chi connectivity index (χ4n) is 3.49. The average Bonchev–Trinajstić information content (AvgIpc) is 3.41. The third-order valence-corrected chi connectivity index (χ3v) is 7.02. The number of rotatable bonds is 7. The third kappa shape index (κ3) is 5.57. The molecule has 10 heteroatoms. The first-order valence-corrected chi connectivity index (χ1v) is 11.6. The number of carboxylic acid groups (broad SMARTS) is 1. The second kappa shape index (κ2) is 9.58. The molecule has 1 fully saturated rings. The number of imidazole rings is 1. The first kappa shape index (κ1) is 23.6. The molecular formula is C22H27N5O4S. The van der Waals surface area contributed by atoms with Gasteiger partial charge < -0.3 is 9.67 Å². The number of nitrogens with one attached hydrogen (secondary N) is 1. The monoisotopic (exact) mass is 457 g/mol. The normalized spacial score (nSPS) is 14.3. The molecule has 2 N–H and O–H groups in total. The molecule has 0 atom stereocenters. The fourth-order valence-corrected chi connectivity index (χ4v) is 4.73. The number of carbonyl (C=O) groups is 1. The number of sulfonamides is 1. The van der Waals surface area contributed by atoms with E-state index < -0.39 is 10.0 Å². The molecule has 170 valence electrons. The molecule has 2 heterocycles. The van der Waals surface area contributed by atoms with Gasteiger partial charge in [0.1, 0.15) is 11.6 Å². The highest BCUT2D eigenvalue weighted by Crippen LogP contribution is 2.47. The highest BCUT2D eigenvalue weighted by Gasteiger charge is 2.43. The molecule has 0 saturated heterocycles. The topological polar surface area (TPSA) is 127 Å². The maximum Gasteiger partial charge on any atom is 0.290 e. The van der Waals surface area contributed by atoms with Crippen molar-refractivity contribution in [2.45, 2.75) is 45.1 Å². The Morgan fingerprint density at radius 3 is 2.34 bits per heavy atom. The number of nitrogens with zero attached hydrogens (tertiary/aromatic N) is 4. The molecule has 1 aliphatic rings. The highest BCUT2D eigenvalue weighted by molar-refractivity contribution is 7.89. The third-order valence-electron chi connectivity index (χ3n) is 5.62. The van der Waals surface area contributed by atoms with E-state index in [-0.39, 0.29) is 16.8 Å². The molecule has 0 spiro atoms. The lowest BCUT2D eigenvalue weighted by Gasteiger charge is -2.18. The maximum atomic E-state index is 12.9. The van der Waals surface area contributed by atoms with Crippen LogP contribution in [0.2, 0.25) is 0 Å². The molecule has 0 aliphatic heterocycles. The Labute approximate surface area is 187 Å². The molecule has 4 rings (SSSR count). The van der Waals surface area contributed by atoms with Gasteiger partial charge in [0.25, 0.3) is 6.47 Å². The molecule has 0 bridgehead atoms. The zero-order valence-corrected chi connectivity index (χ0v) is 19.1. The molecule has 9 nitrogen and oxygen atoms in total. The fraction of sp³-hybridized carbons (Fsp3) is 0.364. The SMILES string of the molecule is Cc1ncc(-c2ccc(S(=O)(=O)NCC3(Cn4ccnc4C)CC3)cc2C)cn1.O=CO. The predicted molar refractivity (Wildman–Crippen MR) is 119 cm³/mol. The predicted octanol–water partition coefficient (Wildman–Crippen LogP) is 2.72. The zero-order chi connectivity index (χ0) is 23.4. The molecule has 2 aromatic heterocycles. The van der Waals surface area contributed by atoms with Gasteiger partial charge in [0.15, 0.2) is 0 Å². The zero-order valence-electron chi connectivity index (χ0n) is 18.3. The van der Waals surface area contributed by atoms with Gasteiger partial charge in [-0.15, -0.1) is 0 Å². The van der Waals surface area contributed by atoms with E-state index in [1.54, 1.807) is 30.7 Å². The summed E-state index contributed by atoms with van der Waals surface area (Å²) in [6.45, 7) is 6.66. The second-order valence-electron chi connectivity index (χ2n) is 8.03. The minimum atomic E-state index is -3.58. The van der Waals surface area contributed by atoms with Crippen molar-refractivity contribution in [1.29, 1.82) is 0 Å². The average molecular weight is 458 g/mol. The standard InChI is InChI=1S/C21H25N5O2S.CH2O2/c1-15-10-19(4-5-20(15)18-11-23-16(2)24-12-18)29(27,28)25-13-21(6-7-21)14-26-9-8-22-17(26)3;2-1-3/h4-5,8-12,25H,6-7,13-14H2,1-3H3;1H,(H,2,3). The Morgan fingerprint density at radius 2 is 1.81 bits per heavy atom. The number of benzene rings is 1. The summed E-state index contributed by atoms with van der Waals surface area (Å²) in [5.41, 5.74) is 2.65. The van der Waals surface area contributed by atoms with Crippen LogP contribution in [0.25, 0.3) is 11.1 Å². The summed E-state index contributed by atoms with van der Waals surface area (Å²) in [6.07, 6.45) is 9.26. The Morgan fingerprint density at radius 1 is 1.16 bits per heavy atom. The van der Waals surface area contributed by atoms with Crippen LogP contribution in [0.5, 0.6) is 0 Å². The molecule has 0 amide bonds. The lowest BCUT2D eigenvalue weighted by molar-refractivity contribution is -0.122. The Hall–Kier alpha value is -3.11. The summed E-state index contributed by atoms with van der Waals surface area (Å²) in [4.78, 5) is 21.3. The summed E-state index contributed by atoms with van der Waals surface area (Å²) < 4.78 is 30.6. The summed E-state index contributed by atoms with van der Waals surface area (Å²) >= 11 is 0. The van der Waals surface area contributed by atoms with Gasteiger partial charge in [-0.2, -0.15) is 0 Å². The van der Waals surface area contributed by atoms with Crippen LogP contribution in [-0.4, -0.2) is 46.1 Å². The van der Waals surface area contributed by atoms with E-state index in [4.69, 9.17) is 9.90 Å². The van der Waals surface area contributed by atoms with E-state index in [0.29, 0.717) is 12.4 Å². The van der Waals surface area contributed by atoms with Gasteiger partial charge in [0, 0.05) is 48.9 Å². The van der Waals surface area contributed by atoms with E-state index in [1.807, 2.05) is 33.0 Å². The van der Waals surface area contributed by atoms with Crippen LogP contribution < -0.4 is 4.72 Å². The summed E-state index contributed by atoms with van der Waals surface area (Å²) in [6, 6.07) is 5.17. The molecule has 32 heavy (non-hydrogen) atoms. The van der Waals surface area contributed by atoms with Gasteiger partial charge in [-0.05, 0) is 56.9 Å². The van der Waals surface area contributed by atoms with Crippen LogP contribution >= 0.6 is 0 Å². The Kier molecular flexibility index (Phi) is 7.05.